The molecule has 1 unspecified atom stereocenters. The van der Waals surface area contributed by atoms with Crippen LogP contribution >= 0.6 is 11.6 Å². The van der Waals surface area contributed by atoms with Gasteiger partial charge in [-0.25, -0.2) is 0 Å². The zero-order valence-electron chi connectivity index (χ0n) is 12.5. The summed E-state index contributed by atoms with van der Waals surface area (Å²) < 4.78 is 5.12. The first-order chi connectivity index (χ1) is 10.9. The van der Waals surface area contributed by atoms with Crippen LogP contribution in [0, 0.1) is 16.0 Å². The van der Waals surface area contributed by atoms with E-state index >= 15 is 0 Å². The van der Waals surface area contributed by atoms with E-state index in [1.807, 2.05) is 0 Å². The Bertz CT molecular complexity index is 637. The molecule has 0 radical (unpaired) electrons. The van der Waals surface area contributed by atoms with E-state index in [-0.39, 0.29) is 18.0 Å². The first-order valence-electron chi connectivity index (χ1n) is 6.95. The Labute approximate surface area is 137 Å². The molecule has 0 spiro atoms. The molecule has 1 N–H and O–H groups in total. The number of amides is 1. The van der Waals surface area contributed by atoms with Gasteiger partial charge in [-0.1, -0.05) is 0 Å². The van der Waals surface area contributed by atoms with Crippen LogP contribution in [0.5, 0.6) is 5.75 Å². The van der Waals surface area contributed by atoms with Crippen LogP contribution in [0.2, 0.25) is 0 Å². The first-order valence-corrected chi connectivity index (χ1v) is 7.33. The maximum absolute atomic E-state index is 11.8. The highest BCUT2D eigenvalue weighted by Crippen LogP contribution is 2.29. The van der Waals surface area contributed by atoms with Crippen LogP contribution in [-0.2, 0) is 9.59 Å². The fraction of sp³-hybridized carbons (Fsp3) is 0.429. The first kappa shape index (κ1) is 17.0. The molecule has 1 aliphatic heterocycles. The Morgan fingerprint density at radius 1 is 1.57 bits per heavy atom. The molecule has 0 aliphatic carbocycles. The zero-order valence-corrected chi connectivity index (χ0v) is 13.2. The molecule has 0 saturated carbocycles. The number of ether oxygens (including phenoxy) is 1. The lowest BCUT2D eigenvalue weighted by atomic mass is 10.1. The van der Waals surface area contributed by atoms with Gasteiger partial charge in [0.1, 0.15) is 5.75 Å². The molecule has 124 valence electrons. The van der Waals surface area contributed by atoms with E-state index in [0.29, 0.717) is 31.1 Å². The van der Waals surface area contributed by atoms with Gasteiger partial charge in [-0.3, -0.25) is 19.7 Å². The molecule has 0 aromatic heterocycles. The van der Waals surface area contributed by atoms with E-state index in [1.165, 1.54) is 19.2 Å². The molecular weight excluding hydrogens is 326 g/mol. The van der Waals surface area contributed by atoms with Crippen LogP contribution in [-0.4, -0.2) is 47.7 Å². The number of nitro groups is 1. The van der Waals surface area contributed by atoms with Crippen molar-refractivity contribution >= 4 is 34.1 Å². The third-order valence-electron chi connectivity index (χ3n) is 3.63. The summed E-state index contributed by atoms with van der Waals surface area (Å²) >= 11 is 5.42. The predicted molar refractivity (Wildman–Crippen MR) is 83.7 cm³/mol. The van der Waals surface area contributed by atoms with Crippen molar-refractivity contribution in [1.82, 2.24) is 4.90 Å². The number of benzene rings is 1. The van der Waals surface area contributed by atoms with E-state index in [1.54, 1.807) is 11.0 Å². The summed E-state index contributed by atoms with van der Waals surface area (Å²) in [5, 5.41) is 13.3. The van der Waals surface area contributed by atoms with Crippen molar-refractivity contribution in [3.8, 4) is 5.75 Å². The quantitative estimate of drug-likeness (QED) is 0.459. The maximum atomic E-state index is 11.8. The smallest absolute Gasteiger partial charge is 0.273 e. The van der Waals surface area contributed by atoms with Gasteiger partial charge in [0.15, 0.2) is 0 Å². The summed E-state index contributed by atoms with van der Waals surface area (Å²) in [5.74, 6) is -0.208. The van der Waals surface area contributed by atoms with Gasteiger partial charge >= 0.3 is 0 Å². The number of halogens is 1. The number of nitro benzene ring substituents is 1. The van der Waals surface area contributed by atoms with Gasteiger partial charge in [0.25, 0.3) is 5.69 Å². The van der Waals surface area contributed by atoms with Gasteiger partial charge in [-0.2, -0.15) is 0 Å². The minimum Gasteiger partial charge on any atom is -0.494 e. The van der Waals surface area contributed by atoms with Crippen molar-refractivity contribution < 1.29 is 19.2 Å². The number of anilines is 1. The van der Waals surface area contributed by atoms with Crippen LogP contribution < -0.4 is 10.1 Å². The summed E-state index contributed by atoms with van der Waals surface area (Å²) in [4.78, 5) is 34.7. The van der Waals surface area contributed by atoms with Crippen LogP contribution in [0.25, 0.3) is 0 Å². The van der Waals surface area contributed by atoms with Crippen molar-refractivity contribution in [3.05, 3.63) is 28.3 Å². The number of carbonyl (C=O) groups excluding carboxylic acids is 2. The highest BCUT2D eigenvalue weighted by atomic mass is 35.5. The van der Waals surface area contributed by atoms with Crippen molar-refractivity contribution in [2.24, 2.45) is 5.92 Å². The number of nitrogens with zero attached hydrogens (tertiary/aromatic N) is 2. The lowest BCUT2D eigenvalue weighted by Gasteiger charge is -2.17. The molecule has 1 saturated heterocycles. The van der Waals surface area contributed by atoms with E-state index in [2.05, 4.69) is 5.32 Å². The number of nitrogens with one attached hydrogen (secondary N) is 1. The van der Waals surface area contributed by atoms with Crippen LogP contribution in [0.3, 0.4) is 0 Å². The minimum atomic E-state index is -0.501. The fourth-order valence-corrected chi connectivity index (χ4v) is 2.55. The Kier molecular flexibility index (Phi) is 5.38. The van der Waals surface area contributed by atoms with E-state index < -0.39 is 16.1 Å². The molecule has 1 atom stereocenters. The molecule has 1 amide bonds. The van der Waals surface area contributed by atoms with Crippen molar-refractivity contribution in [1.29, 1.82) is 0 Å². The number of methoxy groups -OCH3 is 1. The Balaban J connectivity index is 1.93. The lowest BCUT2D eigenvalue weighted by Crippen LogP contribution is -2.31. The van der Waals surface area contributed by atoms with Gasteiger partial charge in [0.2, 0.25) is 11.1 Å². The highest BCUT2D eigenvalue weighted by molar-refractivity contribution is 6.64. The number of hydrogen-bond donors (Lipinski definition) is 1. The fourth-order valence-electron chi connectivity index (χ4n) is 2.41. The SMILES string of the molecule is COc1cc([N+](=O)[O-])ccc1NCCN1CC(C(=O)Cl)CC1=O. The number of carbonyl (C=O) groups is 2. The summed E-state index contributed by atoms with van der Waals surface area (Å²) in [6.07, 6.45) is 0.142. The number of non-ortho nitro benzene ring substituents is 1. The van der Waals surface area contributed by atoms with E-state index in [0.717, 1.165) is 0 Å². The van der Waals surface area contributed by atoms with Crippen molar-refractivity contribution in [2.75, 3.05) is 32.1 Å². The molecule has 1 aromatic rings. The lowest BCUT2D eigenvalue weighted by molar-refractivity contribution is -0.384. The van der Waals surface area contributed by atoms with Gasteiger partial charge in [-0.15, -0.1) is 0 Å². The van der Waals surface area contributed by atoms with E-state index in [9.17, 15) is 19.7 Å². The van der Waals surface area contributed by atoms with Gasteiger partial charge in [0.05, 0.1) is 29.7 Å². The molecule has 1 aliphatic rings. The zero-order chi connectivity index (χ0) is 17.0. The third kappa shape index (κ3) is 4.10. The van der Waals surface area contributed by atoms with Crippen LogP contribution in [0.4, 0.5) is 11.4 Å². The maximum Gasteiger partial charge on any atom is 0.273 e. The minimum absolute atomic E-state index is 0.0643. The van der Waals surface area contributed by atoms with Crippen molar-refractivity contribution in [2.45, 2.75) is 6.42 Å². The normalized spacial score (nSPS) is 17.2. The second-order valence-corrected chi connectivity index (χ2v) is 5.49. The average Bonchev–Trinajstić information content (AvgIpc) is 2.89. The number of likely N-dealkylation sites (tertiary alicyclic amines) is 1. The largest absolute Gasteiger partial charge is 0.494 e. The monoisotopic (exact) mass is 341 g/mol. The highest BCUT2D eigenvalue weighted by Gasteiger charge is 2.32. The van der Waals surface area contributed by atoms with Gasteiger partial charge < -0.3 is 15.0 Å². The predicted octanol–water partition coefficient (Wildman–Crippen LogP) is 1.63. The summed E-state index contributed by atoms with van der Waals surface area (Å²) in [6.45, 7) is 1.14. The molecule has 0 bridgehead atoms. The second kappa shape index (κ2) is 7.28. The molecule has 23 heavy (non-hydrogen) atoms. The Morgan fingerprint density at radius 3 is 2.87 bits per heavy atom. The standard InChI is InChI=1S/C14H16ClN3O5/c1-23-12-7-10(18(21)22)2-3-11(12)16-4-5-17-8-9(14(15)20)6-13(17)19/h2-3,7,9,16H,4-6,8H2,1H3. The molecule has 1 fully saturated rings. The Morgan fingerprint density at radius 2 is 2.30 bits per heavy atom. The van der Waals surface area contributed by atoms with Crippen molar-refractivity contribution in [3.63, 3.8) is 0 Å². The molecule has 2 rings (SSSR count). The topological polar surface area (TPSA) is 102 Å². The average molecular weight is 342 g/mol. The molecule has 1 heterocycles. The van der Waals surface area contributed by atoms with E-state index in [4.69, 9.17) is 16.3 Å². The number of rotatable bonds is 7. The van der Waals surface area contributed by atoms with Gasteiger partial charge in [-0.05, 0) is 17.7 Å². The molecular formula is C14H16ClN3O5. The van der Waals surface area contributed by atoms with Crippen LogP contribution in [0.1, 0.15) is 6.42 Å². The molecule has 8 nitrogen and oxygen atoms in total. The van der Waals surface area contributed by atoms with Gasteiger partial charge in [0, 0.05) is 32.1 Å². The molecule has 9 heteroatoms. The third-order valence-corrected chi connectivity index (χ3v) is 3.94. The number of hydrogen-bond acceptors (Lipinski definition) is 6. The Hall–Kier alpha value is -2.35. The summed E-state index contributed by atoms with van der Waals surface area (Å²) in [5.41, 5.74) is 0.528. The van der Waals surface area contributed by atoms with Crippen LogP contribution in [0.15, 0.2) is 18.2 Å². The molecule has 1 aromatic carbocycles. The summed E-state index contributed by atoms with van der Waals surface area (Å²) in [7, 11) is 1.42. The summed E-state index contributed by atoms with van der Waals surface area (Å²) in [6, 6.07) is 4.24. The second-order valence-electron chi connectivity index (χ2n) is 5.11.